The van der Waals surface area contributed by atoms with E-state index in [1.165, 1.54) is 12.1 Å². The molecule has 0 unspecified atom stereocenters. The lowest BCUT2D eigenvalue weighted by atomic mass is 10.0. The van der Waals surface area contributed by atoms with E-state index >= 15 is 0 Å². The van der Waals surface area contributed by atoms with Gasteiger partial charge in [0.1, 0.15) is 17.3 Å². The summed E-state index contributed by atoms with van der Waals surface area (Å²) in [6.07, 6.45) is 0.640. The number of fused-ring (bicyclic) bond motifs is 1. The number of halogens is 1. The normalized spacial score (nSPS) is 13.3. The van der Waals surface area contributed by atoms with Crippen molar-refractivity contribution < 1.29 is 18.4 Å². The third-order valence-corrected chi connectivity index (χ3v) is 4.86. The van der Waals surface area contributed by atoms with Crippen LogP contribution in [0, 0.1) is 19.7 Å². The van der Waals surface area contributed by atoms with E-state index < -0.39 is 0 Å². The highest BCUT2D eigenvalue weighted by molar-refractivity contribution is 5.78. The second-order valence-electron chi connectivity index (χ2n) is 7.12. The first-order valence-corrected chi connectivity index (χ1v) is 9.22. The van der Waals surface area contributed by atoms with Crippen LogP contribution < -0.4 is 4.74 Å². The molecule has 0 N–H and O–H groups in total. The van der Waals surface area contributed by atoms with Gasteiger partial charge in [0.05, 0.1) is 6.54 Å². The molecule has 2 heterocycles. The first-order chi connectivity index (χ1) is 13.5. The number of hydrogen-bond donors (Lipinski definition) is 0. The smallest absolute Gasteiger partial charge is 0.260 e. The molecule has 0 bridgehead atoms. The fraction of sp³-hybridized carbons (Fsp3) is 0.273. The molecular formula is C22H21FN2O3. The number of carbonyl (C=O) groups is 1. The van der Waals surface area contributed by atoms with Crippen LogP contribution in [0.25, 0.3) is 11.3 Å². The molecule has 1 amide bonds. The zero-order chi connectivity index (χ0) is 19.7. The molecule has 0 atom stereocenters. The van der Waals surface area contributed by atoms with Crippen molar-refractivity contribution in [3.05, 3.63) is 70.7 Å². The minimum Gasteiger partial charge on any atom is -0.484 e. The van der Waals surface area contributed by atoms with Crippen molar-refractivity contribution in [3.63, 3.8) is 0 Å². The molecule has 0 radical (unpaired) electrons. The van der Waals surface area contributed by atoms with Crippen LogP contribution in [-0.4, -0.2) is 29.1 Å². The van der Waals surface area contributed by atoms with Crippen LogP contribution in [0.15, 0.2) is 47.0 Å². The maximum absolute atomic E-state index is 13.1. The molecule has 1 aliphatic rings. The van der Waals surface area contributed by atoms with Gasteiger partial charge in [-0.3, -0.25) is 4.79 Å². The van der Waals surface area contributed by atoms with E-state index in [9.17, 15) is 9.18 Å². The molecule has 1 aliphatic heterocycles. The number of hydrogen-bond acceptors (Lipinski definition) is 4. The summed E-state index contributed by atoms with van der Waals surface area (Å²) in [5.41, 5.74) is 4.70. The molecule has 28 heavy (non-hydrogen) atoms. The van der Waals surface area contributed by atoms with E-state index in [-0.39, 0.29) is 18.3 Å². The molecule has 3 aromatic rings. The lowest BCUT2D eigenvalue weighted by Crippen LogP contribution is -2.38. The predicted molar refractivity (Wildman–Crippen MR) is 102 cm³/mol. The largest absolute Gasteiger partial charge is 0.484 e. The summed E-state index contributed by atoms with van der Waals surface area (Å²) in [6, 6.07) is 12.0. The Morgan fingerprint density at radius 2 is 1.89 bits per heavy atom. The molecule has 5 nitrogen and oxygen atoms in total. The van der Waals surface area contributed by atoms with Crippen LogP contribution in [-0.2, 0) is 17.8 Å². The van der Waals surface area contributed by atoms with Gasteiger partial charge in [-0.05, 0) is 67.8 Å². The summed E-state index contributed by atoms with van der Waals surface area (Å²) in [4.78, 5) is 14.3. The van der Waals surface area contributed by atoms with Gasteiger partial charge in [0, 0.05) is 17.7 Å². The van der Waals surface area contributed by atoms with Gasteiger partial charge in [0.2, 0.25) is 0 Å². The van der Waals surface area contributed by atoms with Crippen molar-refractivity contribution in [3.8, 4) is 17.1 Å². The summed E-state index contributed by atoms with van der Waals surface area (Å²) < 4.78 is 24.3. The predicted octanol–water partition coefficient (Wildman–Crippen LogP) is 4.06. The molecule has 0 spiro atoms. The van der Waals surface area contributed by atoms with Crippen LogP contribution >= 0.6 is 0 Å². The molecule has 6 heteroatoms. The monoisotopic (exact) mass is 380 g/mol. The Balaban J connectivity index is 1.42. The molecule has 0 aliphatic carbocycles. The van der Waals surface area contributed by atoms with E-state index in [0.717, 1.165) is 27.9 Å². The van der Waals surface area contributed by atoms with Crippen molar-refractivity contribution in [2.24, 2.45) is 0 Å². The number of aryl methyl sites for hydroxylation is 2. The summed E-state index contributed by atoms with van der Waals surface area (Å²) in [6.45, 7) is 4.93. The first kappa shape index (κ1) is 18.2. The van der Waals surface area contributed by atoms with Crippen molar-refractivity contribution in [2.75, 3.05) is 13.2 Å². The van der Waals surface area contributed by atoms with E-state index in [1.54, 1.807) is 17.0 Å². The Morgan fingerprint density at radius 3 is 2.61 bits per heavy atom. The second-order valence-corrected chi connectivity index (χ2v) is 7.12. The van der Waals surface area contributed by atoms with Crippen LogP contribution in [0.4, 0.5) is 4.39 Å². The molecule has 4 rings (SSSR count). The quantitative estimate of drug-likeness (QED) is 0.685. The van der Waals surface area contributed by atoms with Gasteiger partial charge in [-0.25, -0.2) is 4.39 Å². The second kappa shape index (κ2) is 7.46. The summed E-state index contributed by atoms with van der Waals surface area (Å²) in [5, 5.41) is 4.13. The first-order valence-electron chi connectivity index (χ1n) is 9.22. The van der Waals surface area contributed by atoms with Crippen LogP contribution in [0.3, 0.4) is 0 Å². The number of nitrogens with zero attached hydrogens (tertiary/aromatic N) is 2. The summed E-state index contributed by atoms with van der Waals surface area (Å²) >= 11 is 0. The number of amides is 1. The molecular weight excluding hydrogens is 359 g/mol. The third-order valence-electron chi connectivity index (χ3n) is 4.86. The number of benzene rings is 2. The van der Waals surface area contributed by atoms with E-state index in [0.29, 0.717) is 31.0 Å². The van der Waals surface area contributed by atoms with Crippen molar-refractivity contribution in [1.82, 2.24) is 10.1 Å². The van der Waals surface area contributed by atoms with Gasteiger partial charge in [0.25, 0.3) is 5.91 Å². The Morgan fingerprint density at radius 1 is 1.18 bits per heavy atom. The average molecular weight is 380 g/mol. The van der Waals surface area contributed by atoms with E-state index in [4.69, 9.17) is 9.26 Å². The zero-order valence-electron chi connectivity index (χ0n) is 15.9. The standard InChI is InChI=1S/C22H21FN2O3/c1-14-9-15(2)11-18(10-14)27-13-21(26)25-8-7-19-20(12-25)24-28-22(19)16-3-5-17(23)6-4-16/h3-6,9-11H,7-8,12-13H2,1-2H3. The Bertz CT molecular complexity index is 991. The molecule has 0 saturated heterocycles. The van der Waals surface area contributed by atoms with E-state index in [1.807, 2.05) is 26.0 Å². The molecule has 1 aromatic heterocycles. The van der Waals surface area contributed by atoms with Gasteiger partial charge in [-0.2, -0.15) is 0 Å². The summed E-state index contributed by atoms with van der Waals surface area (Å²) in [7, 11) is 0. The van der Waals surface area contributed by atoms with Crippen molar-refractivity contribution in [1.29, 1.82) is 0 Å². The van der Waals surface area contributed by atoms with Crippen molar-refractivity contribution in [2.45, 2.75) is 26.8 Å². The van der Waals surface area contributed by atoms with Crippen molar-refractivity contribution >= 4 is 5.91 Å². The third kappa shape index (κ3) is 3.76. The van der Waals surface area contributed by atoms with Crippen LogP contribution in [0.2, 0.25) is 0 Å². The topological polar surface area (TPSA) is 55.6 Å². The zero-order valence-corrected chi connectivity index (χ0v) is 15.9. The number of aromatic nitrogens is 1. The maximum atomic E-state index is 13.1. The molecule has 0 fully saturated rings. The number of rotatable bonds is 4. The Kier molecular flexibility index (Phi) is 4.86. The highest BCUT2D eigenvalue weighted by Gasteiger charge is 2.27. The van der Waals surface area contributed by atoms with Crippen LogP contribution in [0.1, 0.15) is 22.4 Å². The van der Waals surface area contributed by atoms with Gasteiger partial charge in [-0.1, -0.05) is 11.2 Å². The lowest BCUT2D eigenvalue weighted by molar-refractivity contribution is -0.134. The number of carbonyl (C=O) groups excluding carboxylic acids is 1. The lowest BCUT2D eigenvalue weighted by Gasteiger charge is -2.26. The van der Waals surface area contributed by atoms with Gasteiger partial charge in [-0.15, -0.1) is 0 Å². The Hall–Kier alpha value is -3.15. The highest BCUT2D eigenvalue weighted by atomic mass is 19.1. The SMILES string of the molecule is Cc1cc(C)cc(OCC(=O)N2CCc3c(noc3-c3ccc(F)cc3)C2)c1. The molecule has 0 saturated carbocycles. The highest BCUT2D eigenvalue weighted by Crippen LogP contribution is 2.30. The molecule has 2 aromatic carbocycles. The van der Waals surface area contributed by atoms with Gasteiger partial charge < -0.3 is 14.2 Å². The summed E-state index contributed by atoms with van der Waals surface area (Å²) in [5.74, 6) is 0.964. The van der Waals surface area contributed by atoms with Gasteiger partial charge >= 0.3 is 0 Å². The minimum absolute atomic E-state index is 0.0130. The maximum Gasteiger partial charge on any atom is 0.260 e. The van der Waals surface area contributed by atoms with Gasteiger partial charge in [0.15, 0.2) is 12.4 Å². The Labute approximate surface area is 162 Å². The fourth-order valence-electron chi connectivity index (χ4n) is 3.52. The van der Waals surface area contributed by atoms with Crippen LogP contribution in [0.5, 0.6) is 5.75 Å². The average Bonchev–Trinajstić information content (AvgIpc) is 3.09. The fourth-order valence-corrected chi connectivity index (χ4v) is 3.52. The van der Waals surface area contributed by atoms with E-state index in [2.05, 4.69) is 11.2 Å². The molecule has 144 valence electrons. The number of ether oxygens (including phenoxy) is 1. The minimum atomic E-state index is -0.294.